The van der Waals surface area contributed by atoms with Crippen LogP contribution in [0, 0.1) is 6.92 Å². The van der Waals surface area contributed by atoms with Gasteiger partial charge in [0, 0.05) is 10.9 Å². The van der Waals surface area contributed by atoms with E-state index in [1.54, 1.807) is 32.4 Å². The molecule has 2 aliphatic heterocycles. The highest BCUT2D eigenvalue weighted by atomic mass is 32.2. The third kappa shape index (κ3) is 4.57. The molecule has 1 amide bonds. The van der Waals surface area contributed by atoms with Crippen molar-refractivity contribution < 1.29 is 22.7 Å². The summed E-state index contributed by atoms with van der Waals surface area (Å²) in [7, 11) is 0.00596. The lowest BCUT2D eigenvalue weighted by molar-refractivity contribution is -0.117. The fraction of sp³-hybridized carbons (Fsp3) is 0.364. The van der Waals surface area contributed by atoms with Gasteiger partial charge in [0.05, 0.1) is 38.2 Å². The first-order chi connectivity index (χ1) is 14.8. The summed E-state index contributed by atoms with van der Waals surface area (Å²) in [5.41, 5.74) is 2.68. The molecule has 2 heterocycles. The average molecular weight is 461 g/mol. The van der Waals surface area contributed by atoms with Crippen molar-refractivity contribution in [1.82, 2.24) is 0 Å². The number of aliphatic imine (C=N–C) groups is 1. The number of thioether (sulfide) groups is 1. The van der Waals surface area contributed by atoms with E-state index in [0.29, 0.717) is 16.7 Å². The zero-order chi connectivity index (χ0) is 22.2. The van der Waals surface area contributed by atoms with Crippen LogP contribution in [-0.2, 0) is 21.1 Å². The van der Waals surface area contributed by atoms with Crippen LogP contribution < -0.4 is 14.4 Å². The number of anilines is 1. The maximum atomic E-state index is 12.8. The second-order valence-electron chi connectivity index (χ2n) is 7.66. The number of fused-ring (bicyclic) bond motifs is 1. The Bertz CT molecular complexity index is 1150. The zero-order valence-corrected chi connectivity index (χ0v) is 19.2. The van der Waals surface area contributed by atoms with Crippen molar-refractivity contribution in [2.24, 2.45) is 4.99 Å². The van der Waals surface area contributed by atoms with Gasteiger partial charge < -0.3 is 14.4 Å². The number of ether oxygens (including phenoxy) is 2. The number of carbonyl (C=O) groups is 1. The molecule has 0 saturated carbocycles. The summed E-state index contributed by atoms with van der Waals surface area (Å²) in [6, 6.07) is 12.9. The lowest BCUT2D eigenvalue weighted by Crippen LogP contribution is -2.37. The van der Waals surface area contributed by atoms with Crippen LogP contribution in [0.3, 0.4) is 0 Å². The molecule has 2 aromatic carbocycles. The third-order valence-corrected chi connectivity index (χ3v) is 8.58. The highest BCUT2D eigenvalue weighted by molar-refractivity contribution is 8.16. The number of aryl methyl sites for hydroxylation is 1. The molecule has 2 aliphatic rings. The molecule has 0 radical (unpaired) electrons. The molecule has 164 valence electrons. The SMILES string of the molecule is COc1ccc(CC(=O)N=C2S[C@@H]3CS(=O)(=O)C[C@H]3N2c2cccc(C)c2)cc1OC. The monoisotopic (exact) mass is 460 g/mol. The van der Waals surface area contributed by atoms with Crippen LogP contribution in [0.2, 0.25) is 0 Å². The summed E-state index contributed by atoms with van der Waals surface area (Å²) >= 11 is 1.38. The smallest absolute Gasteiger partial charge is 0.252 e. The molecule has 0 spiro atoms. The molecule has 0 aliphatic carbocycles. The van der Waals surface area contributed by atoms with E-state index in [1.165, 1.54) is 11.8 Å². The van der Waals surface area contributed by atoms with Crippen molar-refractivity contribution in [1.29, 1.82) is 0 Å². The molecular weight excluding hydrogens is 436 g/mol. The van der Waals surface area contributed by atoms with E-state index in [1.807, 2.05) is 36.1 Å². The lowest BCUT2D eigenvalue weighted by atomic mass is 10.1. The first-order valence-corrected chi connectivity index (χ1v) is 12.5. The highest BCUT2D eigenvalue weighted by Gasteiger charge is 2.49. The number of amidine groups is 1. The van der Waals surface area contributed by atoms with Crippen molar-refractivity contribution in [3.63, 3.8) is 0 Å². The van der Waals surface area contributed by atoms with Crippen molar-refractivity contribution >= 4 is 38.4 Å². The minimum absolute atomic E-state index is 0.0709. The number of carbonyl (C=O) groups excluding carboxylic acids is 1. The second kappa shape index (κ2) is 8.55. The van der Waals surface area contributed by atoms with E-state index < -0.39 is 9.84 Å². The van der Waals surface area contributed by atoms with Gasteiger partial charge in [-0.2, -0.15) is 4.99 Å². The van der Waals surface area contributed by atoms with Crippen LogP contribution >= 0.6 is 11.8 Å². The van der Waals surface area contributed by atoms with Crippen LogP contribution in [-0.4, -0.2) is 56.5 Å². The molecule has 0 N–H and O–H groups in total. The minimum Gasteiger partial charge on any atom is -0.493 e. The number of methoxy groups -OCH3 is 2. The molecule has 0 aromatic heterocycles. The second-order valence-corrected chi connectivity index (χ2v) is 11.0. The fourth-order valence-electron chi connectivity index (χ4n) is 3.96. The predicted octanol–water partition coefficient (Wildman–Crippen LogP) is 2.86. The minimum atomic E-state index is -3.10. The van der Waals surface area contributed by atoms with Crippen molar-refractivity contribution in [3.05, 3.63) is 53.6 Å². The topological polar surface area (TPSA) is 85.3 Å². The summed E-state index contributed by atoms with van der Waals surface area (Å²) in [5, 5.41) is 0.430. The number of benzene rings is 2. The Morgan fingerprint density at radius 2 is 1.90 bits per heavy atom. The number of sulfone groups is 1. The van der Waals surface area contributed by atoms with E-state index in [2.05, 4.69) is 4.99 Å². The van der Waals surface area contributed by atoms with Gasteiger partial charge in [-0.3, -0.25) is 4.79 Å². The number of hydrogen-bond donors (Lipinski definition) is 0. The van der Waals surface area contributed by atoms with Crippen LogP contribution in [0.4, 0.5) is 5.69 Å². The van der Waals surface area contributed by atoms with Gasteiger partial charge in [-0.25, -0.2) is 8.42 Å². The van der Waals surface area contributed by atoms with Gasteiger partial charge in [-0.1, -0.05) is 30.0 Å². The number of rotatable bonds is 5. The van der Waals surface area contributed by atoms with Crippen LogP contribution in [0.1, 0.15) is 11.1 Å². The van der Waals surface area contributed by atoms with E-state index >= 15 is 0 Å². The molecule has 7 nitrogen and oxygen atoms in total. The molecule has 31 heavy (non-hydrogen) atoms. The Balaban J connectivity index is 1.61. The van der Waals surface area contributed by atoms with Gasteiger partial charge in [0.1, 0.15) is 0 Å². The Labute approximate surface area is 186 Å². The van der Waals surface area contributed by atoms with Crippen LogP contribution in [0.15, 0.2) is 47.5 Å². The van der Waals surface area contributed by atoms with Crippen molar-refractivity contribution in [2.75, 3.05) is 30.6 Å². The van der Waals surface area contributed by atoms with E-state index in [-0.39, 0.29) is 35.1 Å². The summed E-state index contributed by atoms with van der Waals surface area (Å²) < 4.78 is 34.9. The quantitative estimate of drug-likeness (QED) is 0.678. The Morgan fingerprint density at radius 3 is 2.61 bits per heavy atom. The summed E-state index contributed by atoms with van der Waals surface area (Å²) in [6.07, 6.45) is 0.111. The largest absolute Gasteiger partial charge is 0.493 e. The number of hydrogen-bond acceptors (Lipinski definition) is 6. The third-order valence-electron chi connectivity index (χ3n) is 5.37. The van der Waals surface area contributed by atoms with E-state index in [0.717, 1.165) is 16.8 Å². The number of nitrogens with zero attached hydrogens (tertiary/aromatic N) is 2. The van der Waals surface area contributed by atoms with Gasteiger partial charge in [0.2, 0.25) is 0 Å². The highest BCUT2D eigenvalue weighted by Crippen LogP contribution is 2.41. The Morgan fingerprint density at radius 1 is 1.13 bits per heavy atom. The molecule has 2 aromatic rings. The van der Waals surface area contributed by atoms with Crippen molar-refractivity contribution in [2.45, 2.75) is 24.6 Å². The molecule has 2 atom stereocenters. The molecule has 2 saturated heterocycles. The lowest BCUT2D eigenvalue weighted by Gasteiger charge is -2.24. The molecule has 4 rings (SSSR count). The normalized spacial score (nSPS) is 23.1. The van der Waals surface area contributed by atoms with Gasteiger partial charge in [-0.15, -0.1) is 0 Å². The van der Waals surface area contributed by atoms with Crippen LogP contribution in [0.25, 0.3) is 0 Å². The first-order valence-electron chi connectivity index (χ1n) is 9.85. The van der Waals surface area contributed by atoms with Gasteiger partial charge in [0.15, 0.2) is 26.5 Å². The van der Waals surface area contributed by atoms with Crippen LogP contribution in [0.5, 0.6) is 11.5 Å². The van der Waals surface area contributed by atoms with Gasteiger partial charge in [-0.05, 0) is 42.3 Å². The van der Waals surface area contributed by atoms with Gasteiger partial charge >= 0.3 is 0 Å². The first kappa shape index (κ1) is 21.7. The summed E-state index contributed by atoms with van der Waals surface area (Å²) in [6.45, 7) is 1.98. The molecular formula is C22H24N2O5S2. The fourth-order valence-corrected chi connectivity index (χ4v) is 7.89. The molecule has 2 fully saturated rings. The van der Waals surface area contributed by atoms with E-state index in [9.17, 15) is 13.2 Å². The Kier molecular flexibility index (Phi) is 5.98. The zero-order valence-electron chi connectivity index (χ0n) is 17.6. The average Bonchev–Trinajstić information content (AvgIpc) is 3.18. The number of amides is 1. The maximum Gasteiger partial charge on any atom is 0.252 e. The standard InChI is InChI=1S/C22H24N2O5S2/c1-14-5-4-6-16(9-14)24-17-12-31(26,27)13-20(17)30-22(24)23-21(25)11-15-7-8-18(28-2)19(10-15)29-3/h4-10,17,20H,11-13H2,1-3H3/t17-,20-/m1/s1. The molecule has 0 bridgehead atoms. The summed E-state index contributed by atoms with van der Waals surface area (Å²) in [5.74, 6) is 1.03. The Hall–Kier alpha value is -2.52. The maximum absolute atomic E-state index is 12.8. The molecule has 9 heteroatoms. The summed E-state index contributed by atoms with van der Waals surface area (Å²) in [4.78, 5) is 19.1. The predicted molar refractivity (Wildman–Crippen MR) is 123 cm³/mol. The van der Waals surface area contributed by atoms with E-state index in [4.69, 9.17) is 9.47 Å². The van der Waals surface area contributed by atoms with Crippen molar-refractivity contribution in [3.8, 4) is 11.5 Å². The van der Waals surface area contributed by atoms with Gasteiger partial charge in [0.25, 0.3) is 5.91 Å². The molecule has 0 unspecified atom stereocenters.